The second-order valence-corrected chi connectivity index (χ2v) is 7.97. The van der Waals surface area contributed by atoms with Gasteiger partial charge in [0.05, 0.1) is 11.8 Å². The predicted octanol–water partition coefficient (Wildman–Crippen LogP) is 4.53. The van der Waals surface area contributed by atoms with E-state index in [2.05, 4.69) is 20.5 Å². The molecular formula is C21H18N4OS2. The zero-order chi connectivity index (χ0) is 19.2. The molecule has 0 aliphatic rings. The highest BCUT2D eigenvalue weighted by atomic mass is 32.2. The number of aromatic nitrogens is 3. The molecule has 140 valence electrons. The molecule has 4 rings (SSSR count). The average molecular weight is 407 g/mol. The van der Waals surface area contributed by atoms with Crippen molar-refractivity contribution >= 4 is 29.0 Å². The van der Waals surface area contributed by atoms with E-state index >= 15 is 0 Å². The first-order chi connectivity index (χ1) is 13.8. The minimum absolute atomic E-state index is 0.0571. The highest BCUT2D eigenvalue weighted by molar-refractivity contribution is 7.99. The number of hydrogen-bond donors (Lipinski definition) is 2. The van der Waals surface area contributed by atoms with Crippen LogP contribution in [0.15, 0.2) is 83.3 Å². The van der Waals surface area contributed by atoms with Crippen LogP contribution in [-0.2, 0) is 4.79 Å². The molecule has 1 amide bonds. The molecule has 2 aromatic carbocycles. The molecule has 0 aliphatic carbocycles. The van der Waals surface area contributed by atoms with Crippen molar-refractivity contribution in [2.24, 2.45) is 0 Å². The minimum Gasteiger partial charge on any atom is -0.344 e. The van der Waals surface area contributed by atoms with Crippen LogP contribution >= 0.6 is 23.1 Å². The van der Waals surface area contributed by atoms with Crippen molar-refractivity contribution < 1.29 is 4.79 Å². The third-order valence-corrected chi connectivity index (χ3v) is 5.89. The number of H-pyrrole nitrogens is 1. The Hall–Kier alpha value is -2.90. The zero-order valence-corrected chi connectivity index (χ0v) is 16.5. The van der Waals surface area contributed by atoms with Gasteiger partial charge >= 0.3 is 0 Å². The summed E-state index contributed by atoms with van der Waals surface area (Å²) in [5.41, 5.74) is 2.03. The van der Waals surface area contributed by atoms with Gasteiger partial charge in [0, 0.05) is 10.4 Å². The summed E-state index contributed by atoms with van der Waals surface area (Å²) in [7, 11) is 0. The van der Waals surface area contributed by atoms with Gasteiger partial charge in [-0.25, -0.2) is 4.98 Å². The monoisotopic (exact) mass is 406 g/mol. The van der Waals surface area contributed by atoms with E-state index in [1.54, 1.807) is 11.3 Å². The van der Waals surface area contributed by atoms with Gasteiger partial charge in [0.2, 0.25) is 11.1 Å². The molecule has 0 saturated heterocycles. The van der Waals surface area contributed by atoms with Crippen LogP contribution in [-0.4, -0.2) is 26.8 Å². The Morgan fingerprint density at radius 1 is 1.04 bits per heavy atom. The highest BCUT2D eigenvalue weighted by Crippen LogP contribution is 2.26. The number of rotatable bonds is 7. The lowest BCUT2D eigenvalue weighted by Gasteiger charge is -2.17. The second-order valence-electron chi connectivity index (χ2n) is 6.05. The number of benzene rings is 2. The van der Waals surface area contributed by atoms with E-state index in [1.807, 2.05) is 78.2 Å². The van der Waals surface area contributed by atoms with Crippen LogP contribution < -0.4 is 5.32 Å². The maximum Gasteiger partial charge on any atom is 0.231 e. The molecule has 0 spiro atoms. The lowest BCUT2D eigenvalue weighted by atomic mass is 10.1. The Morgan fingerprint density at radius 2 is 1.79 bits per heavy atom. The Bertz CT molecular complexity index is 1020. The van der Waals surface area contributed by atoms with Gasteiger partial charge < -0.3 is 5.32 Å². The molecule has 0 fully saturated rings. The summed E-state index contributed by atoms with van der Waals surface area (Å²) < 4.78 is 0. The average Bonchev–Trinajstić information content (AvgIpc) is 3.44. The number of thioether (sulfide) groups is 1. The Morgan fingerprint density at radius 3 is 2.50 bits per heavy atom. The maximum atomic E-state index is 12.6. The first kappa shape index (κ1) is 18.5. The number of aromatic amines is 1. The number of hydrogen-bond acceptors (Lipinski definition) is 5. The summed E-state index contributed by atoms with van der Waals surface area (Å²) in [5.74, 6) is 0.892. The molecule has 28 heavy (non-hydrogen) atoms. The molecule has 0 unspecified atom stereocenters. The molecular weight excluding hydrogens is 388 g/mol. The van der Waals surface area contributed by atoms with E-state index in [9.17, 15) is 4.79 Å². The van der Waals surface area contributed by atoms with E-state index < -0.39 is 0 Å². The summed E-state index contributed by atoms with van der Waals surface area (Å²) in [4.78, 5) is 18.1. The van der Waals surface area contributed by atoms with Crippen LogP contribution in [0.2, 0.25) is 0 Å². The predicted molar refractivity (Wildman–Crippen MR) is 113 cm³/mol. The van der Waals surface area contributed by atoms with Crippen LogP contribution in [0.25, 0.3) is 11.4 Å². The number of amides is 1. The number of nitrogens with one attached hydrogen (secondary N) is 2. The molecule has 1 atom stereocenters. The van der Waals surface area contributed by atoms with Crippen molar-refractivity contribution in [1.82, 2.24) is 20.5 Å². The van der Waals surface area contributed by atoms with Crippen LogP contribution in [0.5, 0.6) is 0 Å². The summed E-state index contributed by atoms with van der Waals surface area (Å²) in [6.45, 7) is 0. The SMILES string of the molecule is O=C(CSc1n[nH]c(-c2ccccc2)n1)N[C@@H](c1ccccc1)c1cccs1. The van der Waals surface area contributed by atoms with Gasteiger partial charge in [-0.2, -0.15) is 0 Å². The Labute approximate surface area is 171 Å². The van der Waals surface area contributed by atoms with Crippen LogP contribution in [0.1, 0.15) is 16.5 Å². The van der Waals surface area contributed by atoms with Crippen molar-refractivity contribution in [3.63, 3.8) is 0 Å². The molecule has 0 saturated carbocycles. The zero-order valence-electron chi connectivity index (χ0n) is 14.9. The Balaban J connectivity index is 1.40. The van der Waals surface area contributed by atoms with E-state index in [0.29, 0.717) is 11.0 Å². The van der Waals surface area contributed by atoms with Crippen LogP contribution in [0.4, 0.5) is 0 Å². The van der Waals surface area contributed by atoms with Gasteiger partial charge in [0.25, 0.3) is 0 Å². The summed E-state index contributed by atoms with van der Waals surface area (Å²) in [6.07, 6.45) is 0. The first-order valence-electron chi connectivity index (χ1n) is 8.78. The highest BCUT2D eigenvalue weighted by Gasteiger charge is 2.18. The van der Waals surface area contributed by atoms with Crippen molar-refractivity contribution in [2.75, 3.05) is 5.75 Å². The number of thiophene rings is 1. The first-order valence-corrected chi connectivity index (χ1v) is 10.6. The fourth-order valence-electron chi connectivity index (χ4n) is 2.79. The van der Waals surface area contributed by atoms with Crippen molar-refractivity contribution in [1.29, 1.82) is 0 Å². The van der Waals surface area contributed by atoms with Gasteiger partial charge in [0.15, 0.2) is 5.82 Å². The fraction of sp³-hybridized carbons (Fsp3) is 0.0952. The largest absolute Gasteiger partial charge is 0.344 e. The lowest BCUT2D eigenvalue weighted by molar-refractivity contribution is -0.119. The quantitative estimate of drug-likeness (QED) is 0.442. The fourth-order valence-corrected chi connectivity index (χ4v) is 4.20. The van der Waals surface area contributed by atoms with Gasteiger partial charge in [-0.05, 0) is 17.0 Å². The van der Waals surface area contributed by atoms with E-state index in [1.165, 1.54) is 11.8 Å². The molecule has 0 bridgehead atoms. The van der Waals surface area contributed by atoms with Gasteiger partial charge in [-0.15, -0.1) is 16.4 Å². The standard InChI is InChI=1S/C21H18N4OS2/c26-18(14-28-21-23-20(24-25-21)16-10-5-2-6-11-16)22-19(17-12-7-13-27-17)15-8-3-1-4-9-15/h1-13,19H,14H2,(H,22,26)(H,23,24,25)/t19-/m0/s1. The molecule has 2 heterocycles. The summed E-state index contributed by atoms with van der Waals surface area (Å²) >= 11 is 2.95. The number of carbonyl (C=O) groups is 1. The molecule has 2 aromatic heterocycles. The van der Waals surface area contributed by atoms with E-state index in [0.717, 1.165) is 16.0 Å². The van der Waals surface area contributed by atoms with E-state index in [-0.39, 0.29) is 17.7 Å². The molecule has 4 aromatic rings. The van der Waals surface area contributed by atoms with Crippen molar-refractivity contribution in [3.05, 3.63) is 88.6 Å². The van der Waals surface area contributed by atoms with Crippen molar-refractivity contribution in [3.8, 4) is 11.4 Å². The lowest BCUT2D eigenvalue weighted by Crippen LogP contribution is -2.30. The van der Waals surface area contributed by atoms with Crippen LogP contribution in [0, 0.1) is 0 Å². The Kier molecular flexibility index (Phi) is 5.84. The number of nitrogens with zero attached hydrogens (tertiary/aromatic N) is 2. The van der Waals surface area contributed by atoms with Gasteiger partial charge in [-0.3, -0.25) is 9.89 Å². The normalized spacial score (nSPS) is 11.9. The topological polar surface area (TPSA) is 70.7 Å². The number of carbonyl (C=O) groups excluding carboxylic acids is 1. The van der Waals surface area contributed by atoms with E-state index in [4.69, 9.17) is 0 Å². The molecule has 2 N–H and O–H groups in total. The molecule has 5 nitrogen and oxygen atoms in total. The van der Waals surface area contributed by atoms with Gasteiger partial charge in [0.1, 0.15) is 0 Å². The molecule has 0 aliphatic heterocycles. The molecule has 0 radical (unpaired) electrons. The van der Waals surface area contributed by atoms with Crippen molar-refractivity contribution in [2.45, 2.75) is 11.2 Å². The smallest absolute Gasteiger partial charge is 0.231 e. The van der Waals surface area contributed by atoms with Gasteiger partial charge in [-0.1, -0.05) is 78.5 Å². The third-order valence-electron chi connectivity index (χ3n) is 4.11. The molecule has 7 heteroatoms. The van der Waals surface area contributed by atoms with Crippen LogP contribution in [0.3, 0.4) is 0 Å². The summed E-state index contributed by atoms with van der Waals surface area (Å²) in [5, 5.41) is 12.8. The third kappa shape index (κ3) is 4.49. The summed E-state index contributed by atoms with van der Waals surface area (Å²) in [6, 6.07) is 23.7. The maximum absolute atomic E-state index is 12.6. The second kappa shape index (κ2) is 8.86. The minimum atomic E-state index is -0.152.